The molecule has 1 aromatic heterocycles. The molecule has 5 heteroatoms. The van der Waals surface area contributed by atoms with Crippen LogP contribution >= 0.6 is 11.3 Å². The van der Waals surface area contributed by atoms with Crippen LogP contribution in [-0.2, 0) is 4.79 Å². The Balaban J connectivity index is 1.65. The van der Waals surface area contributed by atoms with E-state index in [0.29, 0.717) is 5.91 Å². The number of aromatic nitrogens is 1. The van der Waals surface area contributed by atoms with Crippen LogP contribution in [0.3, 0.4) is 0 Å². The molecule has 3 aliphatic rings. The number of aryl methyl sites for hydroxylation is 1. The Labute approximate surface area is 123 Å². The van der Waals surface area contributed by atoms with Gasteiger partial charge in [-0.25, -0.2) is 4.98 Å². The van der Waals surface area contributed by atoms with Crippen LogP contribution < -0.4 is 5.32 Å². The number of rotatable bonds is 3. The van der Waals surface area contributed by atoms with Crippen LogP contribution in [-0.4, -0.2) is 27.9 Å². The van der Waals surface area contributed by atoms with Crippen LogP contribution in [0.5, 0.6) is 0 Å². The average molecular weight is 291 g/mol. The number of carbonyl (C=O) groups is 1. The molecule has 3 fully saturated rings. The van der Waals surface area contributed by atoms with Gasteiger partial charge in [0.2, 0.25) is 5.91 Å². The third-order valence-electron chi connectivity index (χ3n) is 4.92. The van der Waals surface area contributed by atoms with Gasteiger partial charge in [0.1, 0.15) is 6.17 Å². The van der Waals surface area contributed by atoms with Gasteiger partial charge in [0.25, 0.3) is 0 Å². The molecule has 0 unspecified atom stereocenters. The van der Waals surface area contributed by atoms with Gasteiger partial charge in [-0.1, -0.05) is 12.8 Å². The molecule has 4 rings (SSSR count). The predicted molar refractivity (Wildman–Crippen MR) is 78.4 cm³/mol. The van der Waals surface area contributed by atoms with E-state index in [9.17, 15) is 4.79 Å². The Bertz CT molecular complexity index is 531. The minimum Gasteiger partial charge on any atom is -0.319 e. The number of thiazole rings is 1. The van der Waals surface area contributed by atoms with Crippen LogP contribution in [0.1, 0.15) is 55.4 Å². The molecule has 2 aliphatic carbocycles. The van der Waals surface area contributed by atoms with Crippen molar-refractivity contribution in [2.45, 2.75) is 57.2 Å². The first-order valence-corrected chi connectivity index (χ1v) is 8.57. The van der Waals surface area contributed by atoms with E-state index in [-0.39, 0.29) is 11.7 Å². The van der Waals surface area contributed by atoms with Crippen molar-refractivity contribution in [3.05, 3.63) is 16.1 Å². The smallest absolute Gasteiger partial charge is 0.244 e. The van der Waals surface area contributed by atoms with Crippen molar-refractivity contribution in [1.29, 1.82) is 0 Å². The van der Waals surface area contributed by atoms with Gasteiger partial charge in [-0.2, -0.15) is 0 Å². The van der Waals surface area contributed by atoms with Gasteiger partial charge in [-0.05, 0) is 38.5 Å². The fraction of sp³-hybridized carbons (Fsp3) is 0.733. The van der Waals surface area contributed by atoms with Gasteiger partial charge in [-0.3, -0.25) is 10.1 Å². The van der Waals surface area contributed by atoms with Crippen molar-refractivity contribution < 1.29 is 4.79 Å². The minimum absolute atomic E-state index is 0.00569. The molecule has 4 nitrogen and oxygen atoms in total. The van der Waals surface area contributed by atoms with Gasteiger partial charge in [0.15, 0.2) is 0 Å². The van der Waals surface area contributed by atoms with Crippen molar-refractivity contribution in [2.75, 3.05) is 6.54 Å². The van der Waals surface area contributed by atoms with Crippen molar-refractivity contribution in [1.82, 2.24) is 15.2 Å². The zero-order valence-corrected chi connectivity index (χ0v) is 12.7. The second-order valence-corrected chi connectivity index (χ2v) is 7.59. The fourth-order valence-electron chi connectivity index (χ4n) is 3.64. The molecule has 108 valence electrons. The summed E-state index contributed by atoms with van der Waals surface area (Å²) in [6.45, 7) is 2.94. The molecule has 1 aromatic rings. The van der Waals surface area contributed by atoms with Crippen LogP contribution in [0.4, 0.5) is 0 Å². The Kier molecular flexibility index (Phi) is 2.89. The van der Waals surface area contributed by atoms with Gasteiger partial charge >= 0.3 is 0 Å². The maximum atomic E-state index is 12.9. The molecule has 2 heterocycles. The lowest BCUT2D eigenvalue weighted by molar-refractivity contribution is -0.133. The number of nitrogens with zero attached hydrogens (tertiary/aromatic N) is 2. The van der Waals surface area contributed by atoms with Crippen molar-refractivity contribution >= 4 is 17.2 Å². The summed E-state index contributed by atoms with van der Waals surface area (Å²) in [6.07, 6.45) is 6.88. The number of carbonyl (C=O) groups excluding carboxylic acids is 1. The second-order valence-electron chi connectivity index (χ2n) is 6.53. The van der Waals surface area contributed by atoms with Gasteiger partial charge in [0.05, 0.1) is 16.2 Å². The van der Waals surface area contributed by atoms with E-state index in [1.807, 2.05) is 6.92 Å². The number of amides is 1. The zero-order chi connectivity index (χ0) is 13.7. The first-order chi connectivity index (χ1) is 9.68. The molecule has 1 atom stereocenters. The molecule has 1 spiro atoms. The summed E-state index contributed by atoms with van der Waals surface area (Å²) in [7, 11) is 0. The summed E-state index contributed by atoms with van der Waals surface area (Å²) in [5.74, 6) is 1.05. The highest BCUT2D eigenvalue weighted by Gasteiger charge is 2.53. The molecule has 1 amide bonds. The zero-order valence-electron chi connectivity index (χ0n) is 11.9. The topological polar surface area (TPSA) is 45.2 Å². The third kappa shape index (κ3) is 1.99. The normalized spacial score (nSPS) is 28.8. The monoisotopic (exact) mass is 291 g/mol. The van der Waals surface area contributed by atoms with Crippen molar-refractivity contribution in [3.8, 4) is 0 Å². The molecule has 1 N–H and O–H groups in total. The van der Waals surface area contributed by atoms with Crippen LogP contribution in [0.25, 0.3) is 0 Å². The number of nitrogens with one attached hydrogen (secondary N) is 1. The summed E-state index contributed by atoms with van der Waals surface area (Å²) >= 11 is 1.67. The standard InChI is InChI=1S/C15H21N3OS/c1-10-16-12(9-20-10)13-17-15(6-2-3-7-15)14(19)18(13)8-11-4-5-11/h9,11,13,17H,2-8H2,1H3/t13-/m1/s1. The summed E-state index contributed by atoms with van der Waals surface area (Å²) in [5, 5.41) is 6.83. The van der Waals surface area contributed by atoms with Crippen LogP contribution in [0.2, 0.25) is 0 Å². The van der Waals surface area contributed by atoms with Gasteiger partial charge in [0, 0.05) is 11.9 Å². The van der Waals surface area contributed by atoms with E-state index < -0.39 is 0 Å². The molecule has 1 saturated heterocycles. The van der Waals surface area contributed by atoms with E-state index in [2.05, 4.69) is 20.6 Å². The second kappa shape index (κ2) is 4.53. The highest BCUT2D eigenvalue weighted by molar-refractivity contribution is 7.09. The lowest BCUT2D eigenvalue weighted by Crippen LogP contribution is -2.44. The largest absolute Gasteiger partial charge is 0.319 e. The summed E-state index contributed by atoms with van der Waals surface area (Å²) in [6, 6.07) is 0. The minimum atomic E-state index is -0.281. The van der Waals surface area contributed by atoms with E-state index in [1.54, 1.807) is 11.3 Å². The highest BCUT2D eigenvalue weighted by Crippen LogP contribution is 2.43. The van der Waals surface area contributed by atoms with Gasteiger partial charge in [-0.15, -0.1) is 11.3 Å². The predicted octanol–water partition coefficient (Wildman–Crippen LogP) is 2.60. The fourth-order valence-corrected chi connectivity index (χ4v) is 4.27. The summed E-state index contributed by atoms with van der Waals surface area (Å²) in [4.78, 5) is 19.6. The van der Waals surface area contributed by atoms with E-state index in [1.165, 1.54) is 25.7 Å². The lowest BCUT2D eigenvalue weighted by Gasteiger charge is -2.22. The summed E-state index contributed by atoms with van der Waals surface area (Å²) in [5.41, 5.74) is 0.752. The first kappa shape index (κ1) is 12.8. The molecule has 0 radical (unpaired) electrons. The Morgan fingerprint density at radius 2 is 2.20 bits per heavy atom. The van der Waals surface area contributed by atoms with Crippen LogP contribution in [0.15, 0.2) is 5.38 Å². The molecule has 0 aromatic carbocycles. The molecule has 1 aliphatic heterocycles. The number of hydrogen-bond acceptors (Lipinski definition) is 4. The van der Waals surface area contributed by atoms with E-state index in [4.69, 9.17) is 0 Å². The maximum Gasteiger partial charge on any atom is 0.244 e. The number of hydrogen-bond donors (Lipinski definition) is 1. The average Bonchev–Trinajstić information content (AvgIpc) is 2.85. The molecule has 20 heavy (non-hydrogen) atoms. The van der Waals surface area contributed by atoms with E-state index in [0.717, 1.165) is 36.0 Å². The first-order valence-electron chi connectivity index (χ1n) is 7.69. The van der Waals surface area contributed by atoms with Crippen molar-refractivity contribution in [3.63, 3.8) is 0 Å². The lowest BCUT2D eigenvalue weighted by atomic mass is 9.98. The quantitative estimate of drug-likeness (QED) is 0.931. The third-order valence-corrected chi connectivity index (χ3v) is 5.71. The molecular formula is C15H21N3OS. The van der Waals surface area contributed by atoms with Gasteiger partial charge < -0.3 is 4.90 Å². The maximum absolute atomic E-state index is 12.9. The SMILES string of the molecule is Cc1nc([C@@H]2NC3(CCCC3)C(=O)N2CC2CC2)cs1. The molecule has 0 bridgehead atoms. The van der Waals surface area contributed by atoms with Crippen LogP contribution in [0, 0.1) is 12.8 Å². The Morgan fingerprint density at radius 1 is 1.45 bits per heavy atom. The van der Waals surface area contributed by atoms with E-state index >= 15 is 0 Å². The summed E-state index contributed by atoms with van der Waals surface area (Å²) < 4.78 is 0. The molecule has 2 saturated carbocycles. The van der Waals surface area contributed by atoms with Crippen molar-refractivity contribution in [2.24, 2.45) is 5.92 Å². The molecular weight excluding hydrogens is 270 g/mol. The highest BCUT2D eigenvalue weighted by atomic mass is 32.1. The Morgan fingerprint density at radius 3 is 2.80 bits per heavy atom. The Hall–Kier alpha value is -0.940.